The number of amidine groups is 1. The Morgan fingerprint density at radius 1 is 1.06 bits per heavy atom. The summed E-state index contributed by atoms with van der Waals surface area (Å²) in [4.78, 5) is 33.4. The van der Waals surface area contributed by atoms with Crippen LogP contribution in [0.1, 0.15) is 44.6 Å². The summed E-state index contributed by atoms with van der Waals surface area (Å²) in [6, 6.07) is 6.06. The van der Waals surface area contributed by atoms with E-state index in [2.05, 4.69) is 15.0 Å². The number of nitrogens with one attached hydrogen (secondary N) is 2. The maximum atomic E-state index is 12.9. The molecule has 31 heavy (non-hydrogen) atoms. The van der Waals surface area contributed by atoms with Crippen molar-refractivity contribution in [2.24, 2.45) is 4.99 Å². The third-order valence-electron chi connectivity index (χ3n) is 6.15. The lowest BCUT2D eigenvalue weighted by molar-refractivity contribution is -0.133. The van der Waals surface area contributed by atoms with E-state index in [1.807, 2.05) is 0 Å². The Morgan fingerprint density at radius 3 is 2.42 bits per heavy atom. The molecule has 0 bridgehead atoms. The van der Waals surface area contributed by atoms with Gasteiger partial charge in [-0.2, -0.15) is 0 Å². The summed E-state index contributed by atoms with van der Waals surface area (Å²) in [6.07, 6.45) is 5.63. The zero-order valence-electron chi connectivity index (χ0n) is 17.7. The fourth-order valence-electron chi connectivity index (χ4n) is 4.39. The van der Waals surface area contributed by atoms with Gasteiger partial charge >= 0.3 is 6.03 Å². The minimum Gasteiger partial charge on any atom is -0.337 e. The molecule has 1 aromatic carbocycles. The van der Waals surface area contributed by atoms with E-state index in [0.29, 0.717) is 31.7 Å². The van der Waals surface area contributed by atoms with Crippen LogP contribution in [0.15, 0.2) is 34.2 Å². The molecular weight excluding hydrogens is 418 g/mol. The number of rotatable bonds is 3. The molecule has 1 aromatic rings. The van der Waals surface area contributed by atoms with Crippen LogP contribution in [0.4, 0.5) is 4.79 Å². The molecule has 1 saturated carbocycles. The van der Waals surface area contributed by atoms with Crippen LogP contribution in [0.5, 0.6) is 0 Å². The molecule has 4 rings (SSSR count). The summed E-state index contributed by atoms with van der Waals surface area (Å²) in [7, 11) is -3.64. The van der Waals surface area contributed by atoms with Crippen LogP contribution in [0.25, 0.3) is 0 Å². The molecule has 1 saturated heterocycles. The van der Waals surface area contributed by atoms with Gasteiger partial charge in [-0.05, 0) is 31.9 Å². The van der Waals surface area contributed by atoms with Crippen LogP contribution < -0.4 is 10.0 Å². The molecule has 2 heterocycles. The van der Waals surface area contributed by atoms with E-state index in [-0.39, 0.29) is 28.7 Å². The van der Waals surface area contributed by atoms with Crippen LogP contribution in [-0.2, 0) is 14.8 Å². The van der Waals surface area contributed by atoms with Crippen molar-refractivity contribution in [2.45, 2.75) is 56.0 Å². The van der Waals surface area contributed by atoms with Gasteiger partial charge in [0.15, 0.2) is 0 Å². The normalized spacial score (nSPS) is 23.2. The molecule has 0 spiro atoms. The maximum Gasteiger partial charge on any atom is 0.317 e. The second-order valence-corrected chi connectivity index (χ2v) is 10.0. The van der Waals surface area contributed by atoms with Gasteiger partial charge in [-0.25, -0.2) is 13.2 Å². The van der Waals surface area contributed by atoms with Gasteiger partial charge in [-0.3, -0.25) is 14.5 Å². The molecule has 2 N–H and O–H groups in total. The molecule has 3 amide bonds. The van der Waals surface area contributed by atoms with Crippen LogP contribution in [0.2, 0.25) is 0 Å². The van der Waals surface area contributed by atoms with E-state index < -0.39 is 16.1 Å². The van der Waals surface area contributed by atoms with Crippen molar-refractivity contribution in [3.8, 4) is 0 Å². The van der Waals surface area contributed by atoms with Crippen molar-refractivity contribution in [2.75, 3.05) is 26.2 Å². The molecule has 9 nitrogen and oxygen atoms in total. The molecule has 1 atom stereocenters. The molecule has 2 fully saturated rings. The number of hydrogen-bond acceptors (Lipinski definition) is 5. The summed E-state index contributed by atoms with van der Waals surface area (Å²) in [5.41, 5.74) is 0.478. The highest BCUT2D eigenvalue weighted by atomic mass is 32.2. The smallest absolute Gasteiger partial charge is 0.317 e. The fraction of sp³-hybridized carbons (Fsp3) is 0.571. The van der Waals surface area contributed by atoms with Gasteiger partial charge in [0.1, 0.15) is 11.9 Å². The number of nitrogens with zero attached hydrogens (tertiary/aromatic N) is 3. The van der Waals surface area contributed by atoms with Gasteiger partial charge in [-0.15, -0.1) is 0 Å². The number of carbonyl (C=O) groups is 2. The average Bonchev–Trinajstić information content (AvgIpc) is 3.04. The maximum absolute atomic E-state index is 12.9. The SMILES string of the molecule is C[C@H](N=C1NS(=O)(=O)c2ccccc21)C(=O)N1CCN(C(=O)NC2CCCCC2)CC1. The second-order valence-electron chi connectivity index (χ2n) is 8.35. The molecule has 3 aliphatic rings. The predicted molar refractivity (Wildman–Crippen MR) is 116 cm³/mol. The van der Waals surface area contributed by atoms with E-state index in [1.54, 1.807) is 34.9 Å². The number of fused-ring (bicyclic) bond motifs is 1. The first-order valence-corrected chi connectivity index (χ1v) is 12.4. The summed E-state index contributed by atoms with van der Waals surface area (Å²) in [5.74, 6) is 0.0189. The molecule has 2 aliphatic heterocycles. The first-order valence-electron chi connectivity index (χ1n) is 10.9. The van der Waals surface area contributed by atoms with Gasteiger partial charge in [0.25, 0.3) is 10.0 Å². The number of sulfonamides is 1. The first-order chi connectivity index (χ1) is 14.8. The predicted octanol–water partition coefficient (Wildman–Crippen LogP) is 1.30. The Bertz CT molecular complexity index is 979. The Labute approximate surface area is 182 Å². The number of urea groups is 1. The lowest BCUT2D eigenvalue weighted by Crippen LogP contribution is -2.55. The Kier molecular flexibility index (Phi) is 6.17. The highest BCUT2D eigenvalue weighted by Gasteiger charge is 2.32. The van der Waals surface area contributed by atoms with E-state index >= 15 is 0 Å². The Morgan fingerprint density at radius 2 is 1.71 bits per heavy atom. The molecular formula is C21H29N5O4S. The first kappa shape index (κ1) is 21.6. The topological polar surface area (TPSA) is 111 Å². The van der Waals surface area contributed by atoms with E-state index in [0.717, 1.165) is 25.7 Å². The Balaban J connectivity index is 1.34. The minimum atomic E-state index is -3.64. The molecule has 168 valence electrons. The van der Waals surface area contributed by atoms with E-state index in [9.17, 15) is 18.0 Å². The van der Waals surface area contributed by atoms with Crippen molar-refractivity contribution >= 4 is 27.8 Å². The number of amides is 3. The monoisotopic (exact) mass is 447 g/mol. The quantitative estimate of drug-likeness (QED) is 0.727. The van der Waals surface area contributed by atoms with Crippen molar-refractivity contribution in [1.82, 2.24) is 19.8 Å². The van der Waals surface area contributed by atoms with Crippen molar-refractivity contribution in [3.63, 3.8) is 0 Å². The fourth-order valence-corrected chi connectivity index (χ4v) is 5.62. The van der Waals surface area contributed by atoms with Crippen LogP contribution in [0, 0.1) is 0 Å². The number of carbonyl (C=O) groups excluding carboxylic acids is 2. The van der Waals surface area contributed by atoms with E-state index in [1.165, 1.54) is 12.5 Å². The van der Waals surface area contributed by atoms with E-state index in [4.69, 9.17) is 0 Å². The minimum absolute atomic E-state index is 0.0516. The average molecular weight is 448 g/mol. The number of piperazine rings is 1. The summed E-state index contributed by atoms with van der Waals surface area (Å²) in [5, 5.41) is 3.12. The summed E-state index contributed by atoms with van der Waals surface area (Å²) in [6.45, 7) is 3.49. The number of hydrogen-bond donors (Lipinski definition) is 2. The number of aliphatic imine (C=N–C) groups is 1. The van der Waals surface area contributed by atoms with Crippen LogP contribution in [0.3, 0.4) is 0 Å². The van der Waals surface area contributed by atoms with Gasteiger partial charge in [0.05, 0.1) is 4.90 Å². The molecule has 0 aromatic heterocycles. The van der Waals surface area contributed by atoms with Gasteiger partial charge in [0.2, 0.25) is 5.91 Å². The highest BCUT2D eigenvalue weighted by Crippen LogP contribution is 2.23. The van der Waals surface area contributed by atoms with Crippen molar-refractivity contribution in [1.29, 1.82) is 0 Å². The third-order valence-corrected chi connectivity index (χ3v) is 7.55. The molecule has 1 aliphatic carbocycles. The van der Waals surface area contributed by atoms with Crippen molar-refractivity contribution in [3.05, 3.63) is 29.8 Å². The zero-order valence-corrected chi connectivity index (χ0v) is 18.5. The number of benzene rings is 1. The zero-order chi connectivity index (χ0) is 22.0. The van der Waals surface area contributed by atoms with Gasteiger partial charge in [-0.1, -0.05) is 31.4 Å². The lowest BCUT2D eigenvalue weighted by atomic mass is 9.96. The summed E-state index contributed by atoms with van der Waals surface area (Å²) >= 11 is 0. The standard InChI is InChI=1S/C21H29N5O4S/c1-15(22-19-17-9-5-6-10-18(17)31(29,30)24-19)20(27)25-11-13-26(14-12-25)21(28)23-16-7-3-2-4-8-16/h5-6,9-10,15-16H,2-4,7-8,11-14H2,1H3,(H,22,24)(H,23,28)/t15-/m0/s1. The lowest BCUT2D eigenvalue weighted by Gasteiger charge is -2.36. The Hall–Kier alpha value is -2.62. The van der Waals surface area contributed by atoms with Crippen molar-refractivity contribution < 1.29 is 18.0 Å². The highest BCUT2D eigenvalue weighted by molar-refractivity contribution is 7.90. The van der Waals surface area contributed by atoms with Gasteiger partial charge < -0.3 is 15.1 Å². The summed E-state index contributed by atoms with van der Waals surface area (Å²) < 4.78 is 26.9. The van der Waals surface area contributed by atoms with Crippen LogP contribution >= 0.6 is 0 Å². The molecule has 0 radical (unpaired) electrons. The largest absolute Gasteiger partial charge is 0.337 e. The molecule has 10 heteroatoms. The molecule has 0 unspecified atom stereocenters. The van der Waals surface area contributed by atoms with Crippen LogP contribution in [-0.4, -0.2) is 74.3 Å². The second kappa shape index (κ2) is 8.86. The van der Waals surface area contributed by atoms with Gasteiger partial charge in [0, 0.05) is 37.8 Å². The third kappa shape index (κ3) is 4.68.